The number of phenolic OH excluding ortho intramolecular Hbond substituents is 1. The summed E-state index contributed by atoms with van der Waals surface area (Å²) in [5.41, 5.74) is 2.41. The molecule has 0 atom stereocenters. The topological polar surface area (TPSA) is 50.7 Å². The molecule has 0 radical (unpaired) electrons. The largest absolute Gasteiger partial charge is 0.508 e. The molecule has 0 heterocycles. The Morgan fingerprint density at radius 3 is 2.41 bits per heavy atom. The maximum atomic E-state index is 13.2. The fourth-order valence-corrected chi connectivity index (χ4v) is 3.21. The van der Waals surface area contributed by atoms with E-state index in [1.165, 1.54) is 12.1 Å². The van der Waals surface area contributed by atoms with Gasteiger partial charge in [-0.2, -0.15) is 0 Å². The lowest BCUT2D eigenvalue weighted by Gasteiger charge is -2.16. The summed E-state index contributed by atoms with van der Waals surface area (Å²) < 4.78 is 24.8. The zero-order valence-electron chi connectivity index (χ0n) is 15.7. The second-order valence-corrected chi connectivity index (χ2v) is 7.08. The molecule has 0 aliphatic carbocycles. The van der Waals surface area contributed by atoms with Crippen molar-refractivity contribution in [1.29, 1.82) is 0 Å². The summed E-state index contributed by atoms with van der Waals surface area (Å²) in [6.07, 6.45) is 0. The molecule has 3 aromatic rings. The smallest absolute Gasteiger partial charge is 0.180 e. The molecule has 0 amide bonds. The van der Waals surface area contributed by atoms with Gasteiger partial charge in [0.2, 0.25) is 0 Å². The van der Waals surface area contributed by atoms with Crippen molar-refractivity contribution in [3.05, 3.63) is 81.6 Å². The molecule has 152 valence electrons. The van der Waals surface area contributed by atoms with E-state index in [2.05, 4.69) is 5.32 Å². The molecule has 0 spiro atoms. The van der Waals surface area contributed by atoms with Crippen LogP contribution in [0.1, 0.15) is 18.1 Å². The van der Waals surface area contributed by atoms with Crippen LogP contribution in [0.4, 0.5) is 10.1 Å². The number of aromatic hydroxyl groups is 1. The first-order chi connectivity index (χ1) is 14.0. The number of anilines is 1. The van der Waals surface area contributed by atoms with Gasteiger partial charge in [0.25, 0.3) is 0 Å². The molecule has 3 aromatic carbocycles. The SMILES string of the molecule is CCOc1cc(CNc2ccc(O)cc2)cc(Cl)c1OCc1ccc(F)cc1Cl. The molecular formula is C22H20Cl2FNO3. The summed E-state index contributed by atoms with van der Waals surface area (Å²) >= 11 is 12.5. The fraction of sp³-hybridized carbons (Fsp3) is 0.182. The van der Waals surface area contributed by atoms with Crippen LogP contribution in [0.15, 0.2) is 54.6 Å². The van der Waals surface area contributed by atoms with Crippen LogP contribution in [0.5, 0.6) is 17.2 Å². The van der Waals surface area contributed by atoms with Crippen molar-refractivity contribution in [3.63, 3.8) is 0 Å². The maximum Gasteiger partial charge on any atom is 0.180 e. The highest BCUT2D eigenvalue weighted by molar-refractivity contribution is 6.32. The molecule has 29 heavy (non-hydrogen) atoms. The Bertz CT molecular complexity index is 981. The van der Waals surface area contributed by atoms with Crippen LogP contribution in [0, 0.1) is 5.82 Å². The van der Waals surface area contributed by atoms with Crippen molar-refractivity contribution < 1.29 is 19.0 Å². The molecule has 0 aliphatic rings. The van der Waals surface area contributed by atoms with Gasteiger partial charge in [-0.1, -0.05) is 29.3 Å². The van der Waals surface area contributed by atoms with E-state index in [1.807, 2.05) is 13.0 Å². The van der Waals surface area contributed by atoms with Gasteiger partial charge in [0.15, 0.2) is 11.5 Å². The second kappa shape index (κ2) is 9.72. The minimum absolute atomic E-state index is 0.129. The second-order valence-electron chi connectivity index (χ2n) is 6.26. The van der Waals surface area contributed by atoms with E-state index in [9.17, 15) is 9.50 Å². The lowest BCUT2D eigenvalue weighted by molar-refractivity contribution is 0.269. The Morgan fingerprint density at radius 2 is 1.72 bits per heavy atom. The molecule has 0 unspecified atom stereocenters. The van der Waals surface area contributed by atoms with Gasteiger partial charge < -0.3 is 19.9 Å². The van der Waals surface area contributed by atoms with Crippen LogP contribution in [0.2, 0.25) is 10.0 Å². The van der Waals surface area contributed by atoms with Crippen molar-refractivity contribution in [2.75, 3.05) is 11.9 Å². The Hall–Kier alpha value is -2.63. The lowest BCUT2D eigenvalue weighted by Crippen LogP contribution is -2.04. The van der Waals surface area contributed by atoms with E-state index in [-0.39, 0.29) is 17.4 Å². The molecule has 4 nitrogen and oxygen atoms in total. The Morgan fingerprint density at radius 1 is 0.966 bits per heavy atom. The van der Waals surface area contributed by atoms with Crippen molar-refractivity contribution in [2.45, 2.75) is 20.1 Å². The van der Waals surface area contributed by atoms with Gasteiger partial charge in [0, 0.05) is 17.8 Å². The predicted molar refractivity (Wildman–Crippen MR) is 114 cm³/mol. The van der Waals surface area contributed by atoms with Gasteiger partial charge >= 0.3 is 0 Å². The highest BCUT2D eigenvalue weighted by Gasteiger charge is 2.14. The minimum Gasteiger partial charge on any atom is -0.508 e. The first kappa shape index (κ1) is 21.1. The van der Waals surface area contributed by atoms with Crippen LogP contribution < -0.4 is 14.8 Å². The van der Waals surface area contributed by atoms with E-state index in [0.29, 0.717) is 35.2 Å². The van der Waals surface area contributed by atoms with Crippen molar-refractivity contribution in [2.24, 2.45) is 0 Å². The quantitative estimate of drug-likeness (QED) is 0.400. The van der Waals surface area contributed by atoms with Crippen LogP contribution in [-0.2, 0) is 13.2 Å². The average molecular weight is 436 g/mol. The Kier molecular flexibility index (Phi) is 7.07. The zero-order chi connectivity index (χ0) is 20.8. The minimum atomic E-state index is -0.405. The van der Waals surface area contributed by atoms with E-state index in [4.69, 9.17) is 32.7 Å². The van der Waals surface area contributed by atoms with Crippen LogP contribution >= 0.6 is 23.2 Å². The number of halogens is 3. The third kappa shape index (κ3) is 5.68. The van der Waals surface area contributed by atoms with Gasteiger partial charge in [-0.25, -0.2) is 4.39 Å². The highest BCUT2D eigenvalue weighted by atomic mass is 35.5. The number of hydrogen-bond acceptors (Lipinski definition) is 4. The molecule has 0 fully saturated rings. The number of benzene rings is 3. The molecule has 3 rings (SSSR count). The van der Waals surface area contributed by atoms with E-state index >= 15 is 0 Å². The van der Waals surface area contributed by atoms with Gasteiger partial charge in [-0.3, -0.25) is 0 Å². The average Bonchev–Trinajstić information content (AvgIpc) is 2.68. The summed E-state index contributed by atoms with van der Waals surface area (Å²) in [7, 11) is 0. The third-order valence-electron chi connectivity index (χ3n) is 4.12. The fourth-order valence-electron chi connectivity index (χ4n) is 2.70. The molecule has 0 bridgehead atoms. The van der Waals surface area contributed by atoms with Crippen molar-refractivity contribution in [3.8, 4) is 17.2 Å². The highest BCUT2D eigenvalue weighted by Crippen LogP contribution is 2.38. The monoisotopic (exact) mass is 435 g/mol. The summed E-state index contributed by atoms with van der Waals surface area (Å²) in [5, 5.41) is 13.3. The third-order valence-corrected chi connectivity index (χ3v) is 4.75. The number of rotatable bonds is 8. The number of hydrogen-bond donors (Lipinski definition) is 2. The predicted octanol–water partition coefficient (Wildman–Crippen LogP) is 6.43. The summed E-state index contributed by atoms with van der Waals surface area (Å²) in [5.74, 6) is 0.722. The van der Waals surface area contributed by atoms with Crippen LogP contribution in [0.3, 0.4) is 0 Å². The molecule has 0 aromatic heterocycles. The van der Waals surface area contributed by atoms with E-state index < -0.39 is 5.82 Å². The number of ether oxygens (including phenoxy) is 2. The standard InChI is InChI=1S/C22H20Cl2FNO3/c1-2-28-21-10-14(12-26-17-5-7-18(27)8-6-17)9-20(24)22(21)29-13-15-3-4-16(25)11-19(15)23/h3-11,26-27H,2,12-13H2,1H3. The van der Waals surface area contributed by atoms with Gasteiger partial charge in [-0.05, 0) is 61.0 Å². The van der Waals surface area contributed by atoms with Gasteiger partial charge in [-0.15, -0.1) is 0 Å². The first-order valence-electron chi connectivity index (χ1n) is 9.01. The Balaban J connectivity index is 1.75. The van der Waals surface area contributed by atoms with Crippen LogP contribution in [0.25, 0.3) is 0 Å². The van der Waals surface area contributed by atoms with E-state index in [0.717, 1.165) is 11.3 Å². The molecule has 0 saturated heterocycles. The van der Waals surface area contributed by atoms with E-state index in [1.54, 1.807) is 36.4 Å². The summed E-state index contributed by atoms with van der Waals surface area (Å²) in [6.45, 7) is 2.95. The van der Waals surface area contributed by atoms with Gasteiger partial charge in [0.1, 0.15) is 18.2 Å². The first-order valence-corrected chi connectivity index (χ1v) is 9.76. The summed E-state index contributed by atoms with van der Waals surface area (Å²) in [4.78, 5) is 0. The summed E-state index contributed by atoms with van der Waals surface area (Å²) in [6, 6.07) is 14.6. The normalized spacial score (nSPS) is 10.6. The zero-order valence-corrected chi connectivity index (χ0v) is 17.2. The Labute approximate surface area is 178 Å². The molecular weight excluding hydrogens is 416 g/mol. The maximum absolute atomic E-state index is 13.2. The van der Waals surface area contributed by atoms with Crippen LogP contribution in [-0.4, -0.2) is 11.7 Å². The molecule has 7 heteroatoms. The molecule has 0 aliphatic heterocycles. The lowest BCUT2D eigenvalue weighted by atomic mass is 10.2. The molecule has 0 saturated carbocycles. The van der Waals surface area contributed by atoms with Gasteiger partial charge in [0.05, 0.1) is 16.7 Å². The van der Waals surface area contributed by atoms with Crippen molar-refractivity contribution in [1.82, 2.24) is 0 Å². The number of nitrogens with one attached hydrogen (secondary N) is 1. The number of phenols is 1. The van der Waals surface area contributed by atoms with Crippen molar-refractivity contribution >= 4 is 28.9 Å². The molecule has 2 N–H and O–H groups in total.